The molecular formula is C64H43N3. The average molecular weight is 854 g/mol. The summed E-state index contributed by atoms with van der Waals surface area (Å²) < 4.78 is 2.39. The lowest BCUT2D eigenvalue weighted by atomic mass is 9.98. The summed E-state index contributed by atoms with van der Waals surface area (Å²) in [5.74, 6) is 0. The first-order valence-corrected chi connectivity index (χ1v) is 23.0. The molecule has 0 saturated carbocycles. The Morgan fingerprint density at radius 3 is 1.07 bits per heavy atom. The fraction of sp³-hybridized carbons (Fsp3) is 0. The molecule has 3 heteroatoms. The van der Waals surface area contributed by atoms with Gasteiger partial charge < -0.3 is 14.4 Å². The highest BCUT2D eigenvalue weighted by molar-refractivity contribution is 6.12. The Kier molecular flexibility index (Phi) is 9.17. The van der Waals surface area contributed by atoms with Gasteiger partial charge in [0.1, 0.15) is 0 Å². The fourth-order valence-electron chi connectivity index (χ4n) is 10.5. The summed E-state index contributed by atoms with van der Waals surface area (Å²) in [7, 11) is 0. The van der Waals surface area contributed by atoms with Crippen LogP contribution < -0.4 is 9.80 Å². The SMILES string of the molecule is c1ccc(-n2c3ccccc3c3cc(-c4cc(N(c5cccc6ccccc56)c5cccc6ccccc56)cc(N(c5cccc6ccccc56)c5cccc6ccccc56)c4)ccc32)cc1. The van der Waals surface area contributed by atoms with E-state index in [0.29, 0.717) is 0 Å². The van der Waals surface area contributed by atoms with E-state index in [9.17, 15) is 0 Å². The Balaban J connectivity index is 1.15. The number of fused-ring (bicyclic) bond motifs is 7. The summed E-state index contributed by atoms with van der Waals surface area (Å²) in [6, 6.07) is 95.4. The van der Waals surface area contributed by atoms with Crippen LogP contribution in [-0.4, -0.2) is 4.57 Å². The van der Waals surface area contributed by atoms with Crippen molar-refractivity contribution in [2.24, 2.45) is 0 Å². The maximum absolute atomic E-state index is 2.49. The Morgan fingerprint density at radius 1 is 0.239 bits per heavy atom. The van der Waals surface area contributed by atoms with Gasteiger partial charge in [-0.1, -0.05) is 188 Å². The van der Waals surface area contributed by atoms with E-state index in [1.165, 1.54) is 64.9 Å². The lowest BCUT2D eigenvalue weighted by Crippen LogP contribution is -2.14. The predicted molar refractivity (Wildman–Crippen MR) is 286 cm³/mol. The predicted octanol–water partition coefficient (Wildman–Crippen LogP) is 18.0. The van der Waals surface area contributed by atoms with Gasteiger partial charge in [0.05, 0.1) is 33.8 Å². The second kappa shape index (κ2) is 16.0. The van der Waals surface area contributed by atoms with Crippen LogP contribution in [0.5, 0.6) is 0 Å². The quantitative estimate of drug-likeness (QED) is 0.151. The van der Waals surface area contributed by atoms with Crippen molar-refractivity contribution in [1.29, 1.82) is 0 Å². The van der Waals surface area contributed by atoms with Gasteiger partial charge in [-0.25, -0.2) is 0 Å². The number of nitrogens with zero attached hydrogens (tertiary/aromatic N) is 3. The van der Waals surface area contributed by atoms with Gasteiger partial charge in [-0.2, -0.15) is 0 Å². The lowest BCUT2D eigenvalue weighted by molar-refractivity contribution is 1.18. The molecule has 0 saturated heterocycles. The molecule has 0 atom stereocenters. The maximum atomic E-state index is 2.49. The molecule has 0 unspecified atom stereocenters. The van der Waals surface area contributed by atoms with E-state index in [2.05, 4.69) is 275 Å². The highest BCUT2D eigenvalue weighted by atomic mass is 15.2. The highest BCUT2D eigenvalue weighted by Crippen LogP contribution is 2.49. The molecule has 12 aromatic carbocycles. The fourth-order valence-corrected chi connectivity index (χ4v) is 10.5. The van der Waals surface area contributed by atoms with Crippen molar-refractivity contribution in [2.75, 3.05) is 9.80 Å². The smallest absolute Gasteiger partial charge is 0.0541 e. The van der Waals surface area contributed by atoms with Crippen LogP contribution in [0.3, 0.4) is 0 Å². The van der Waals surface area contributed by atoms with Crippen LogP contribution in [0, 0.1) is 0 Å². The number of benzene rings is 12. The summed E-state index contributed by atoms with van der Waals surface area (Å²) in [4.78, 5) is 4.98. The Hall–Kier alpha value is -8.92. The highest BCUT2D eigenvalue weighted by Gasteiger charge is 2.24. The zero-order valence-electron chi connectivity index (χ0n) is 36.7. The second-order valence-corrected chi connectivity index (χ2v) is 17.3. The monoisotopic (exact) mass is 853 g/mol. The minimum atomic E-state index is 1.05. The van der Waals surface area contributed by atoms with E-state index in [4.69, 9.17) is 0 Å². The zero-order valence-corrected chi connectivity index (χ0v) is 36.7. The van der Waals surface area contributed by atoms with Crippen molar-refractivity contribution in [3.63, 3.8) is 0 Å². The van der Waals surface area contributed by atoms with E-state index in [1.807, 2.05) is 0 Å². The van der Waals surface area contributed by atoms with Crippen LogP contribution in [0.25, 0.3) is 81.7 Å². The molecule has 0 radical (unpaired) electrons. The number of hydrogen-bond acceptors (Lipinski definition) is 2. The minimum absolute atomic E-state index is 1.05. The molecule has 0 aliphatic heterocycles. The molecule has 1 heterocycles. The Labute approximate surface area is 389 Å². The summed E-state index contributed by atoms with van der Waals surface area (Å²) in [6.45, 7) is 0. The molecule has 13 aromatic rings. The normalized spacial score (nSPS) is 11.6. The Bertz CT molecular complexity index is 3660. The molecule has 13 rings (SSSR count). The van der Waals surface area contributed by atoms with Crippen molar-refractivity contribution < 1.29 is 0 Å². The van der Waals surface area contributed by atoms with Crippen molar-refractivity contribution in [3.8, 4) is 16.8 Å². The summed E-state index contributed by atoms with van der Waals surface area (Å²) in [6.07, 6.45) is 0. The molecule has 0 spiro atoms. The number of para-hydroxylation sites is 2. The third kappa shape index (κ3) is 6.51. The number of rotatable bonds is 8. The van der Waals surface area contributed by atoms with Gasteiger partial charge in [-0.05, 0) is 105 Å². The molecule has 67 heavy (non-hydrogen) atoms. The topological polar surface area (TPSA) is 11.4 Å². The van der Waals surface area contributed by atoms with Crippen molar-refractivity contribution >= 4 is 99.0 Å². The van der Waals surface area contributed by atoms with Crippen LogP contribution >= 0.6 is 0 Å². The van der Waals surface area contributed by atoms with Crippen LogP contribution in [0.4, 0.5) is 34.1 Å². The minimum Gasteiger partial charge on any atom is -0.309 e. The zero-order chi connectivity index (χ0) is 44.3. The first kappa shape index (κ1) is 38.5. The van der Waals surface area contributed by atoms with Gasteiger partial charge in [0.25, 0.3) is 0 Å². The van der Waals surface area contributed by atoms with Crippen molar-refractivity contribution in [3.05, 3.63) is 261 Å². The molecule has 314 valence electrons. The Morgan fingerprint density at radius 2 is 0.612 bits per heavy atom. The van der Waals surface area contributed by atoms with Crippen molar-refractivity contribution in [2.45, 2.75) is 0 Å². The molecule has 3 nitrogen and oxygen atoms in total. The average Bonchev–Trinajstić information content (AvgIpc) is 3.73. The van der Waals surface area contributed by atoms with E-state index < -0.39 is 0 Å². The number of hydrogen-bond donors (Lipinski definition) is 0. The van der Waals surface area contributed by atoms with E-state index in [-0.39, 0.29) is 0 Å². The molecule has 1 aromatic heterocycles. The van der Waals surface area contributed by atoms with Gasteiger partial charge in [0.2, 0.25) is 0 Å². The van der Waals surface area contributed by atoms with Crippen LogP contribution in [-0.2, 0) is 0 Å². The summed E-state index contributed by atoms with van der Waals surface area (Å²) in [5, 5.41) is 11.9. The maximum Gasteiger partial charge on any atom is 0.0541 e. The summed E-state index contributed by atoms with van der Waals surface area (Å²) in [5.41, 5.74) is 12.3. The van der Waals surface area contributed by atoms with Gasteiger partial charge in [-0.3, -0.25) is 0 Å². The molecule has 0 aliphatic rings. The molecule has 0 bridgehead atoms. The third-order valence-corrected chi connectivity index (χ3v) is 13.5. The first-order chi connectivity index (χ1) is 33.2. The van der Waals surface area contributed by atoms with E-state index >= 15 is 0 Å². The van der Waals surface area contributed by atoms with Gasteiger partial charge in [-0.15, -0.1) is 0 Å². The summed E-state index contributed by atoms with van der Waals surface area (Å²) >= 11 is 0. The van der Waals surface area contributed by atoms with Crippen LogP contribution in [0.1, 0.15) is 0 Å². The van der Waals surface area contributed by atoms with Crippen LogP contribution in [0.2, 0.25) is 0 Å². The molecule has 0 amide bonds. The third-order valence-electron chi connectivity index (χ3n) is 13.5. The molecule has 0 aliphatic carbocycles. The molecule has 0 N–H and O–H groups in total. The van der Waals surface area contributed by atoms with E-state index in [1.54, 1.807) is 0 Å². The van der Waals surface area contributed by atoms with Crippen LogP contribution in [0.15, 0.2) is 261 Å². The lowest BCUT2D eigenvalue weighted by Gasteiger charge is -2.32. The molecule has 0 fully saturated rings. The number of anilines is 6. The van der Waals surface area contributed by atoms with Gasteiger partial charge in [0.15, 0.2) is 0 Å². The largest absolute Gasteiger partial charge is 0.309 e. The van der Waals surface area contributed by atoms with Gasteiger partial charge in [0, 0.05) is 49.4 Å². The number of aromatic nitrogens is 1. The molecular weight excluding hydrogens is 811 g/mol. The van der Waals surface area contributed by atoms with Gasteiger partial charge >= 0.3 is 0 Å². The first-order valence-electron chi connectivity index (χ1n) is 23.0. The van der Waals surface area contributed by atoms with Crippen molar-refractivity contribution in [1.82, 2.24) is 4.57 Å². The van der Waals surface area contributed by atoms with E-state index in [0.717, 1.165) is 50.9 Å². The standard InChI is InChI=1S/C64H43N3/c1-2-26-50(27-3-1)65-63-33-13-12-32-57(63)58-42-48(38-39-64(58)65)49-40-51(66(59-34-14-22-44-18-4-8-28-53(44)59)60-35-15-23-45-19-5-9-29-54(45)60)43-52(41-49)67(61-36-16-24-46-20-6-10-30-55(46)61)62-37-17-25-47-21-7-11-31-56(47)62/h1-43H. The second-order valence-electron chi connectivity index (χ2n) is 17.3.